The van der Waals surface area contributed by atoms with Crippen molar-refractivity contribution in [1.29, 1.82) is 0 Å². The summed E-state index contributed by atoms with van der Waals surface area (Å²) in [6.07, 6.45) is 4.54. The highest BCUT2D eigenvalue weighted by Gasteiger charge is 2.20. The Labute approximate surface area is 106 Å². The van der Waals surface area contributed by atoms with Crippen molar-refractivity contribution in [2.45, 2.75) is 32.0 Å². The molecule has 1 aromatic carbocycles. The molecule has 2 aromatic rings. The van der Waals surface area contributed by atoms with E-state index in [0.717, 1.165) is 17.8 Å². The van der Waals surface area contributed by atoms with Crippen LogP contribution in [0.3, 0.4) is 0 Å². The van der Waals surface area contributed by atoms with Gasteiger partial charge in [0.05, 0.1) is 12.2 Å². The molecule has 1 heterocycles. The number of rotatable bonds is 5. The second-order valence-corrected chi connectivity index (χ2v) is 4.79. The molecule has 0 aliphatic heterocycles. The van der Waals surface area contributed by atoms with Crippen molar-refractivity contribution in [2.75, 3.05) is 0 Å². The summed E-state index contributed by atoms with van der Waals surface area (Å²) in [6, 6.07) is 9.27. The maximum absolute atomic E-state index is 12.8. The van der Waals surface area contributed by atoms with E-state index in [2.05, 4.69) is 10.4 Å². The fraction of sp³-hybridized carbons (Fsp3) is 0.357. The minimum atomic E-state index is -0.200. The molecule has 0 amide bonds. The monoisotopic (exact) mass is 245 g/mol. The molecule has 0 spiro atoms. The zero-order valence-corrected chi connectivity index (χ0v) is 10.1. The predicted molar refractivity (Wildman–Crippen MR) is 67.6 cm³/mol. The van der Waals surface area contributed by atoms with Gasteiger partial charge in [0.2, 0.25) is 0 Å². The lowest BCUT2D eigenvalue weighted by Crippen LogP contribution is -2.16. The molecule has 1 aliphatic rings. The summed E-state index contributed by atoms with van der Waals surface area (Å²) in [4.78, 5) is 0. The minimum Gasteiger partial charge on any atom is -0.308 e. The second kappa shape index (κ2) is 4.90. The van der Waals surface area contributed by atoms with Crippen molar-refractivity contribution in [3.05, 3.63) is 53.6 Å². The standard InChI is InChI=1S/C14H16FN3/c15-12-3-1-11(2-4-12)10-18-8-7-14(17-18)9-16-13-5-6-13/h1-4,7-8,13,16H,5-6,9-10H2. The zero-order valence-electron chi connectivity index (χ0n) is 10.1. The molecule has 3 rings (SSSR count). The van der Waals surface area contributed by atoms with Crippen LogP contribution >= 0.6 is 0 Å². The molecule has 1 aromatic heterocycles. The highest BCUT2D eigenvalue weighted by molar-refractivity contribution is 5.16. The zero-order chi connectivity index (χ0) is 12.4. The average molecular weight is 245 g/mol. The molecule has 0 saturated heterocycles. The van der Waals surface area contributed by atoms with Crippen LogP contribution in [0.2, 0.25) is 0 Å². The maximum atomic E-state index is 12.8. The van der Waals surface area contributed by atoms with Gasteiger partial charge in [0.1, 0.15) is 5.82 Å². The van der Waals surface area contributed by atoms with Crippen molar-refractivity contribution >= 4 is 0 Å². The second-order valence-electron chi connectivity index (χ2n) is 4.79. The first kappa shape index (κ1) is 11.4. The van der Waals surface area contributed by atoms with Gasteiger partial charge >= 0.3 is 0 Å². The number of benzene rings is 1. The Morgan fingerprint density at radius 1 is 1.22 bits per heavy atom. The summed E-state index contributed by atoms with van der Waals surface area (Å²) >= 11 is 0. The number of nitrogens with one attached hydrogen (secondary N) is 1. The van der Waals surface area contributed by atoms with Crippen LogP contribution in [0.1, 0.15) is 24.1 Å². The molecule has 1 aliphatic carbocycles. The van der Waals surface area contributed by atoms with Crippen LogP contribution in [0.15, 0.2) is 36.5 Å². The van der Waals surface area contributed by atoms with E-state index in [4.69, 9.17) is 0 Å². The Bertz CT molecular complexity index is 514. The Morgan fingerprint density at radius 2 is 2.00 bits per heavy atom. The topological polar surface area (TPSA) is 29.9 Å². The van der Waals surface area contributed by atoms with Crippen molar-refractivity contribution in [2.24, 2.45) is 0 Å². The molecule has 94 valence electrons. The molecule has 18 heavy (non-hydrogen) atoms. The van der Waals surface area contributed by atoms with Gasteiger partial charge in [-0.05, 0) is 36.6 Å². The molecule has 0 bridgehead atoms. The number of hydrogen-bond donors (Lipinski definition) is 1. The molecular formula is C14H16FN3. The van der Waals surface area contributed by atoms with Gasteiger partial charge in [-0.25, -0.2) is 4.39 Å². The molecule has 4 heteroatoms. The number of hydrogen-bond acceptors (Lipinski definition) is 2. The van der Waals surface area contributed by atoms with Gasteiger partial charge in [0.15, 0.2) is 0 Å². The van der Waals surface area contributed by atoms with E-state index in [1.54, 1.807) is 12.1 Å². The van der Waals surface area contributed by atoms with Crippen LogP contribution in [-0.2, 0) is 13.1 Å². The van der Waals surface area contributed by atoms with Crippen LogP contribution in [0.25, 0.3) is 0 Å². The van der Waals surface area contributed by atoms with Gasteiger partial charge in [-0.2, -0.15) is 5.10 Å². The van der Waals surface area contributed by atoms with E-state index in [9.17, 15) is 4.39 Å². The van der Waals surface area contributed by atoms with E-state index >= 15 is 0 Å². The van der Waals surface area contributed by atoms with Gasteiger partial charge in [-0.15, -0.1) is 0 Å². The fourth-order valence-electron chi connectivity index (χ4n) is 1.90. The van der Waals surface area contributed by atoms with Crippen LogP contribution in [0, 0.1) is 5.82 Å². The largest absolute Gasteiger partial charge is 0.308 e. The van der Waals surface area contributed by atoms with Crippen molar-refractivity contribution < 1.29 is 4.39 Å². The first-order valence-electron chi connectivity index (χ1n) is 6.30. The quantitative estimate of drug-likeness (QED) is 0.876. The van der Waals surface area contributed by atoms with E-state index in [-0.39, 0.29) is 5.82 Å². The van der Waals surface area contributed by atoms with Crippen LogP contribution in [0.5, 0.6) is 0 Å². The fourth-order valence-corrected chi connectivity index (χ4v) is 1.90. The third-order valence-electron chi connectivity index (χ3n) is 3.10. The molecule has 0 unspecified atom stereocenters. The van der Waals surface area contributed by atoms with Gasteiger partial charge in [-0.1, -0.05) is 12.1 Å². The van der Waals surface area contributed by atoms with E-state index in [1.807, 2.05) is 16.9 Å². The van der Waals surface area contributed by atoms with Crippen molar-refractivity contribution in [1.82, 2.24) is 15.1 Å². The van der Waals surface area contributed by atoms with Gasteiger partial charge in [-0.3, -0.25) is 4.68 Å². The number of aromatic nitrogens is 2. The molecule has 0 radical (unpaired) electrons. The lowest BCUT2D eigenvalue weighted by molar-refractivity contribution is 0.619. The summed E-state index contributed by atoms with van der Waals surface area (Å²) in [7, 11) is 0. The summed E-state index contributed by atoms with van der Waals surface area (Å²) in [6.45, 7) is 1.52. The first-order valence-corrected chi connectivity index (χ1v) is 6.30. The summed E-state index contributed by atoms with van der Waals surface area (Å²) in [5.74, 6) is -0.200. The highest BCUT2D eigenvalue weighted by atomic mass is 19.1. The van der Waals surface area contributed by atoms with Crippen LogP contribution in [0.4, 0.5) is 4.39 Å². The molecule has 3 nitrogen and oxygen atoms in total. The normalized spacial score (nSPS) is 14.9. The molecule has 1 fully saturated rings. The summed E-state index contributed by atoms with van der Waals surface area (Å²) in [5.41, 5.74) is 2.12. The van der Waals surface area contributed by atoms with Crippen LogP contribution < -0.4 is 5.32 Å². The minimum absolute atomic E-state index is 0.200. The lowest BCUT2D eigenvalue weighted by Gasteiger charge is -2.02. The predicted octanol–water partition coefficient (Wildman–Crippen LogP) is 2.32. The van der Waals surface area contributed by atoms with Crippen molar-refractivity contribution in [3.63, 3.8) is 0 Å². The average Bonchev–Trinajstić information content (AvgIpc) is 3.10. The smallest absolute Gasteiger partial charge is 0.123 e. The van der Waals surface area contributed by atoms with Crippen LogP contribution in [-0.4, -0.2) is 15.8 Å². The molecule has 0 atom stereocenters. The first-order chi connectivity index (χ1) is 8.79. The SMILES string of the molecule is Fc1ccc(Cn2ccc(CNC3CC3)n2)cc1. The third kappa shape index (κ3) is 2.96. The summed E-state index contributed by atoms with van der Waals surface area (Å²) < 4.78 is 14.7. The molecule has 1 saturated carbocycles. The van der Waals surface area contributed by atoms with Gasteiger partial charge in [0, 0.05) is 18.8 Å². The Hall–Kier alpha value is -1.68. The Kier molecular flexibility index (Phi) is 3.11. The van der Waals surface area contributed by atoms with Crippen molar-refractivity contribution in [3.8, 4) is 0 Å². The van der Waals surface area contributed by atoms with Gasteiger partial charge in [0.25, 0.3) is 0 Å². The van der Waals surface area contributed by atoms with E-state index in [0.29, 0.717) is 12.6 Å². The Morgan fingerprint density at radius 3 is 2.72 bits per heavy atom. The van der Waals surface area contributed by atoms with E-state index in [1.165, 1.54) is 25.0 Å². The Balaban J connectivity index is 1.60. The number of halogens is 1. The third-order valence-corrected chi connectivity index (χ3v) is 3.10. The van der Waals surface area contributed by atoms with E-state index < -0.39 is 0 Å². The highest BCUT2D eigenvalue weighted by Crippen LogP contribution is 2.19. The maximum Gasteiger partial charge on any atom is 0.123 e. The molecular weight excluding hydrogens is 229 g/mol. The lowest BCUT2D eigenvalue weighted by atomic mass is 10.2. The molecule has 1 N–H and O–H groups in total. The number of nitrogens with zero attached hydrogens (tertiary/aromatic N) is 2. The van der Waals surface area contributed by atoms with Gasteiger partial charge < -0.3 is 5.32 Å². The summed E-state index contributed by atoms with van der Waals surface area (Å²) in [5, 5.41) is 7.92.